The number of benzene rings is 2. The van der Waals surface area contributed by atoms with Gasteiger partial charge in [0.15, 0.2) is 0 Å². The fourth-order valence-corrected chi connectivity index (χ4v) is 2.75. The zero-order valence-corrected chi connectivity index (χ0v) is 12.8. The zero-order valence-electron chi connectivity index (χ0n) is 11.3. The van der Waals surface area contributed by atoms with Gasteiger partial charge in [0, 0.05) is 21.5 Å². The molecule has 0 radical (unpaired) electrons. The van der Waals surface area contributed by atoms with E-state index < -0.39 is 6.04 Å². The Labute approximate surface area is 132 Å². The van der Waals surface area contributed by atoms with E-state index >= 15 is 0 Å². The van der Waals surface area contributed by atoms with Crippen molar-refractivity contribution in [1.29, 1.82) is 0 Å². The molecule has 108 valence electrons. The van der Waals surface area contributed by atoms with E-state index in [9.17, 15) is 0 Å². The number of nitrogens with two attached hydrogens (primary N) is 1. The first-order valence-electron chi connectivity index (χ1n) is 6.36. The minimum Gasteiger partial charge on any atom is -0.497 e. The molecule has 0 saturated carbocycles. The van der Waals surface area contributed by atoms with Crippen LogP contribution in [0.1, 0.15) is 17.4 Å². The standard InChI is InChI=1S/C16H13Cl2NO2/c1-20-11-4-2-9-6-15(21-14(9)8-11)16(19)12-5-3-10(17)7-13(12)18/h2-8,16H,19H2,1H3. The number of hydrogen-bond donors (Lipinski definition) is 1. The number of halogens is 2. The maximum atomic E-state index is 6.25. The minimum absolute atomic E-state index is 0.451. The van der Waals surface area contributed by atoms with Crippen molar-refractivity contribution in [2.75, 3.05) is 7.11 Å². The first kappa shape index (κ1) is 14.3. The van der Waals surface area contributed by atoms with Crippen LogP contribution in [-0.2, 0) is 0 Å². The predicted octanol–water partition coefficient (Wildman–Crippen LogP) is 4.80. The zero-order chi connectivity index (χ0) is 15.0. The van der Waals surface area contributed by atoms with Gasteiger partial charge in [0.05, 0.1) is 13.2 Å². The average molecular weight is 322 g/mol. The second-order valence-electron chi connectivity index (χ2n) is 4.70. The highest BCUT2D eigenvalue weighted by molar-refractivity contribution is 6.35. The van der Waals surface area contributed by atoms with Crippen molar-refractivity contribution < 1.29 is 9.15 Å². The fourth-order valence-electron chi connectivity index (χ4n) is 2.22. The monoisotopic (exact) mass is 321 g/mol. The summed E-state index contributed by atoms with van der Waals surface area (Å²) in [7, 11) is 1.62. The minimum atomic E-state index is -0.451. The van der Waals surface area contributed by atoms with Crippen LogP contribution < -0.4 is 10.5 Å². The number of ether oxygens (including phenoxy) is 1. The molecule has 0 fully saturated rings. The molecule has 21 heavy (non-hydrogen) atoms. The van der Waals surface area contributed by atoms with Crippen molar-refractivity contribution in [1.82, 2.24) is 0 Å². The molecular formula is C16H13Cl2NO2. The summed E-state index contributed by atoms with van der Waals surface area (Å²) in [5.74, 6) is 1.38. The van der Waals surface area contributed by atoms with Crippen molar-refractivity contribution in [2.24, 2.45) is 5.73 Å². The highest BCUT2D eigenvalue weighted by Crippen LogP contribution is 2.32. The van der Waals surface area contributed by atoms with E-state index in [-0.39, 0.29) is 0 Å². The third kappa shape index (κ3) is 2.72. The SMILES string of the molecule is COc1ccc2cc(C(N)c3ccc(Cl)cc3Cl)oc2c1. The van der Waals surface area contributed by atoms with E-state index in [2.05, 4.69) is 0 Å². The molecular weight excluding hydrogens is 309 g/mol. The van der Waals surface area contributed by atoms with E-state index in [0.717, 1.165) is 22.3 Å². The number of furan rings is 1. The van der Waals surface area contributed by atoms with Crippen molar-refractivity contribution in [3.05, 3.63) is 63.8 Å². The summed E-state index contributed by atoms with van der Waals surface area (Å²) in [6, 6.07) is 12.3. The Balaban J connectivity index is 2.02. The van der Waals surface area contributed by atoms with E-state index in [4.69, 9.17) is 38.1 Å². The number of fused-ring (bicyclic) bond motifs is 1. The van der Waals surface area contributed by atoms with Crippen LogP contribution in [0.4, 0.5) is 0 Å². The topological polar surface area (TPSA) is 48.4 Å². The van der Waals surface area contributed by atoms with Gasteiger partial charge in [-0.15, -0.1) is 0 Å². The lowest BCUT2D eigenvalue weighted by Gasteiger charge is -2.11. The van der Waals surface area contributed by atoms with Crippen LogP contribution in [-0.4, -0.2) is 7.11 Å². The first-order chi connectivity index (χ1) is 10.1. The van der Waals surface area contributed by atoms with Gasteiger partial charge >= 0.3 is 0 Å². The number of hydrogen-bond acceptors (Lipinski definition) is 3. The Kier molecular flexibility index (Phi) is 3.81. The Morgan fingerprint density at radius 3 is 2.62 bits per heavy atom. The molecule has 1 heterocycles. The van der Waals surface area contributed by atoms with Gasteiger partial charge in [0.2, 0.25) is 0 Å². The molecule has 0 amide bonds. The molecule has 2 N–H and O–H groups in total. The second-order valence-corrected chi connectivity index (χ2v) is 5.54. The largest absolute Gasteiger partial charge is 0.497 e. The van der Waals surface area contributed by atoms with Gasteiger partial charge in [-0.25, -0.2) is 0 Å². The van der Waals surface area contributed by atoms with Crippen molar-refractivity contribution in [3.63, 3.8) is 0 Å². The van der Waals surface area contributed by atoms with Gasteiger partial charge < -0.3 is 14.9 Å². The normalized spacial score (nSPS) is 12.6. The maximum absolute atomic E-state index is 6.25. The Morgan fingerprint density at radius 2 is 1.90 bits per heavy atom. The fraction of sp³-hybridized carbons (Fsp3) is 0.125. The Bertz CT molecular complexity index is 798. The molecule has 0 saturated heterocycles. The van der Waals surface area contributed by atoms with E-state index in [1.807, 2.05) is 30.3 Å². The molecule has 0 bridgehead atoms. The van der Waals surface area contributed by atoms with Gasteiger partial charge in [0.25, 0.3) is 0 Å². The molecule has 3 nitrogen and oxygen atoms in total. The van der Waals surface area contributed by atoms with Crippen molar-refractivity contribution >= 4 is 34.2 Å². The Morgan fingerprint density at radius 1 is 1.10 bits per heavy atom. The summed E-state index contributed by atoms with van der Waals surface area (Å²) in [4.78, 5) is 0. The molecule has 3 aromatic rings. The van der Waals surface area contributed by atoms with Crippen LogP contribution in [0.3, 0.4) is 0 Å². The molecule has 2 aromatic carbocycles. The summed E-state index contributed by atoms with van der Waals surface area (Å²) >= 11 is 12.1. The maximum Gasteiger partial charge on any atom is 0.138 e. The van der Waals surface area contributed by atoms with Crippen LogP contribution in [0.2, 0.25) is 10.0 Å². The van der Waals surface area contributed by atoms with Crippen molar-refractivity contribution in [3.8, 4) is 5.75 Å². The van der Waals surface area contributed by atoms with Crippen LogP contribution >= 0.6 is 23.2 Å². The number of rotatable bonds is 3. The van der Waals surface area contributed by atoms with Gasteiger partial charge in [-0.3, -0.25) is 0 Å². The van der Waals surface area contributed by atoms with E-state index in [0.29, 0.717) is 15.8 Å². The highest BCUT2D eigenvalue weighted by Gasteiger charge is 2.17. The van der Waals surface area contributed by atoms with Crippen LogP contribution in [0.5, 0.6) is 5.75 Å². The summed E-state index contributed by atoms with van der Waals surface area (Å²) in [6.07, 6.45) is 0. The molecule has 5 heteroatoms. The van der Waals surface area contributed by atoms with Crippen LogP contribution in [0, 0.1) is 0 Å². The molecule has 0 spiro atoms. The molecule has 1 aromatic heterocycles. The van der Waals surface area contributed by atoms with E-state index in [1.54, 1.807) is 19.2 Å². The molecule has 0 aliphatic heterocycles. The lowest BCUT2D eigenvalue weighted by atomic mass is 10.1. The number of methoxy groups -OCH3 is 1. The lowest BCUT2D eigenvalue weighted by molar-refractivity contribution is 0.414. The van der Waals surface area contributed by atoms with E-state index in [1.165, 1.54) is 0 Å². The van der Waals surface area contributed by atoms with Gasteiger partial charge in [-0.05, 0) is 35.9 Å². The molecule has 1 atom stereocenters. The predicted molar refractivity (Wildman–Crippen MR) is 85.3 cm³/mol. The third-order valence-corrected chi connectivity index (χ3v) is 3.91. The summed E-state index contributed by atoms with van der Waals surface area (Å²) in [5.41, 5.74) is 7.75. The van der Waals surface area contributed by atoms with Gasteiger partial charge in [0.1, 0.15) is 17.1 Å². The Hall–Kier alpha value is -1.68. The highest BCUT2D eigenvalue weighted by atomic mass is 35.5. The smallest absolute Gasteiger partial charge is 0.138 e. The second kappa shape index (κ2) is 5.60. The molecule has 0 aliphatic rings. The van der Waals surface area contributed by atoms with Gasteiger partial charge in [-0.1, -0.05) is 29.3 Å². The average Bonchev–Trinajstić information content (AvgIpc) is 2.89. The lowest BCUT2D eigenvalue weighted by Crippen LogP contribution is -2.11. The third-order valence-electron chi connectivity index (χ3n) is 3.35. The first-order valence-corrected chi connectivity index (χ1v) is 7.12. The molecule has 1 unspecified atom stereocenters. The molecule has 3 rings (SSSR count). The van der Waals surface area contributed by atoms with Crippen LogP contribution in [0.15, 0.2) is 46.9 Å². The van der Waals surface area contributed by atoms with Crippen LogP contribution in [0.25, 0.3) is 11.0 Å². The van der Waals surface area contributed by atoms with Gasteiger partial charge in [-0.2, -0.15) is 0 Å². The summed E-state index contributed by atoms with van der Waals surface area (Å²) in [6.45, 7) is 0. The quantitative estimate of drug-likeness (QED) is 0.754. The van der Waals surface area contributed by atoms with Crippen molar-refractivity contribution in [2.45, 2.75) is 6.04 Å². The molecule has 0 aliphatic carbocycles. The summed E-state index contributed by atoms with van der Waals surface area (Å²) in [5, 5.41) is 2.06. The summed E-state index contributed by atoms with van der Waals surface area (Å²) < 4.78 is 11.0.